The lowest BCUT2D eigenvalue weighted by Crippen LogP contribution is -2.54. The van der Waals surface area contributed by atoms with Gasteiger partial charge >= 0.3 is 12.4 Å². The second kappa shape index (κ2) is 21.1. The molecule has 400 valence electrons. The van der Waals surface area contributed by atoms with Crippen molar-refractivity contribution in [2.75, 3.05) is 0 Å². The lowest BCUT2D eigenvalue weighted by Gasteiger charge is -2.42. The molecule has 0 fully saturated rings. The highest BCUT2D eigenvalue weighted by atomic mass is 32.2. The number of hydrogen-bond acceptors (Lipinski definition) is 6. The highest BCUT2D eigenvalue weighted by Gasteiger charge is 2.72. The largest absolute Gasteiger partial charge is 0.508 e. The minimum absolute atomic E-state index is 0.0257. The second-order valence-electron chi connectivity index (χ2n) is 21.2. The van der Waals surface area contributed by atoms with Crippen molar-refractivity contribution in [1.29, 1.82) is 0 Å². The molecule has 0 unspecified atom stereocenters. The molecular formula is C63H58F6O7S. The molecule has 0 bridgehead atoms. The predicted molar refractivity (Wildman–Crippen MR) is 287 cm³/mol. The number of aromatic hydroxyl groups is 1. The van der Waals surface area contributed by atoms with Crippen LogP contribution in [0.15, 0.2) is 193 Å². The molecule has 77 heavy (non-hydrogen) atoms. The summed E-state index contributed by atoms with van der Waals surface area (Å²) in [5.74, 6) is 1.40. The van der Waals surface area contributed by atoms with Crippen LogP contribution in [0.25, 0.3) is 11.1 Å². The maximum atomic E-state index is 15.2. The van der Waals surface area contributed by atoms with Crippen molar-refractivity contribution in [3.05, 3.63) is 233 Å². The molecule has 2 N–H and O–H groups in total. The van der Waals surface area contributed by atoms with Crippen molar-refractivity contribution in [3.63, 3.8) is 0 Å². The van der Waals surface area contributed by atoms with E-state index in [1.54, 1.807) is 44.2 Å². The average molecular weight is 1070 g/mol. The molecule has 0 radical (unpaired) electrons. The Kier molecular flexibility index (Phi) is 15.3. The van der Waals surface area contributed by atoms with Crippen LogP contribution in [-0.4, -0.2) is 36.0 Å². The van der Waals surface area contributed by atoms with Gasteiger partial charge in [-0.1, -0.05) is 144 Å². The summed E-state index contributed by atoms with van der Waals surface area (Å²) in [6.45, 7) is 13.9. The number of ether oxygens (including phenoxy) is 3. The van der Waals surface area contributed by atoms with Crippen LogP contribution in [-0.2, 0) is 39.2 Å². The van der Waals surface area contributed by atoms with Crippen LogP contribution in [0, 0.1) is 0 Å². The van der Waals surface area contributed by atoms with Gasteiger partial charge in [0.1, 0.15) is 40.1 Å². The maximum absolute atomic E-state index is 15.2. The fraction of sp³-hybridized carbons (Fsp3) is 0.238. The van der Waals surface area contributed by atoms with Crippen molar-refractivity contribution < 1.29 is 58.6 Å². The first-order valence-electron chi connectivity index (χ1n) is 24.7. The van der Waals surface area contributed by atoms with E-state index in [9.17, 15) is 18.1 Å². The third kappa shape index (κ3) is 12.2. The van der Waals surface area contributed by atoms with E-state index in [-0.39, 0.29) is 27.6 Å². The molecule has 0 spiro atoms. The Bertz CT molecular complexity index is 3410. The molecule has 0 atom stereocenters. The van der Waals surface area contributed by atoms with E-state index in [0.717, 1.165) is 76.3 Å². The summed E-state index contributed by atoms with van der Waals surface area (Å²) in [6, 6.07) is 48.5. The number of phenolic OH excluding ortho intramolecular Hbond substituents is 1. The molecule has 0 aliphatic carbocycles. The van der Waals surface area contributed by atoms with Crippen LogP contribution in [0.5, 0.6) is 34.5 Å². The van der Waals surface area contributed by atoms with Crippen LogP contribution in [0.2, 0.25) is 0 Å². The molecule has 0 saturated carbocycles. The zero-order chi connectivity index (χ0) is 55.8. The summed E-state index contributed by atoms with van der Waals surface area (Å²) in [5, 5.41) is 10.2. The van der Waals surface area contributed by atoms with Crippen molar-refractivity contribution in [3.8, 4) is 45.6 Å². The first-order chi connectivity index (χ1) is 36.0. The standard InChI is InChI=1S/C63H58F6O7S/c1-58(2,3)46-18-8-41(9-19-46)38-43-12-27-51(28-13-43)74-52-31-22-48(23-32-52)61(62(64,65)66,63(67,68)69)49-24-33-54(34-25-49)76-60(6,7)59(4,5)47-20-10-42(11-21-47)39-44-14-29-53(30-15-44)75-57-37-26-50(70)40-56(57)45-16-35-55(36-17-45)77(71,72)73/h8-37,40,70H,38-39H2,1-7H3,(H,71,72,73). The van der Waals surface area contributed by atoms with E-state index in [1.165, 1.54) is 42.0 Å². The molecule has 0 heterocycles. The zero-order valence-electron chi connectivity index (χ0n) is 43.4. The van der Waals surface area contributed by atoms with Crippen LogP contribution in [0.4, 0.5) is 26.3 Å². The number of phenols is 1. The third-order valence-corrected chi connectivity index (χ3v) is 15.2. The van der Waals surface area contributed by atoms with Crippen molar-refractivity contribution >= 4 is 10.1 Å². The van der Waals surface area contributed by atoms with Gasteiger partial charge in [0.2, 0.25) is 5.41 Å². The molecule has 0 aliphatic rings. The lowest BCUT2D eigenvalue weighted by molar-refractivity contribution is -0.288. The Morgan fingerprint density at radius 1 is 0.442 bits per heavy atom. The minimum atomic E-state index is -5.79. The molecule has 8 rings (SSSR count). The Morgan fingerprint density at radius 3 is 1.23 bits per heavy atom. The highest BCUT2D eigenvalue weighted by Crippen LogP contribution is 2.57. The van der Waals surface area contributed by atoms with Crippen LogP contribution in [0.3, 0.4) is 0 Å². The number of hydrogen-bond donors (Lipinski definition) is 2. The van der Waals surface area contributed by atoms with Gasteiger partial charge in [0.25, 0.3) is 10.1 Å². The smallest absolute Gasteiger partial charge is 0.411 e. The molecule has 0 saturated heterocycles. The first kappa shape index (κ1) is 55.7. The van der Waals surface area contributed by atoms with Gasteiger partial charge in [-0.15, -0.1) is 0 Å². The molecule has 14 heteroatoms. The summed E-state index contributed by atoms with van der Waals surface area (Å²) in [6.07, 6.45) is -10.4. The number of alkyl halides is 6. The van der Waals surface area contributed by atoms with Crippen molar-refractivity contribution in [2.45, 2.75) is 100 Å². The fourth-order valence-corrected chi connectivity index (χ4v) is 9.66. The number of halogens is 6. The van der Waals surface area contributed by atoms with Crippen LogP contribution in [0.1, 0.15) is 93.0 Å². The van der Waals surface area contributed by atoms with Gasteiger partial charge in [-0.3, -0.25) is 4.55 Å². The molecule has 0 aliphatic heterocycles. The highest BCUT2D eigenvalue weighted by molar-refractivity contribution is 7.85. The Balaban J connectivity index is 0.920. The Morgan fingerprint density at radius 2 is 0.818 bits per heavy atom. The summed E-state index contributed by atoms with van der Waals surface area (Å²) in [5.41, 5.74) is -0.917. The molecular weight excluding hydrogens is 1010 g/mol. The lowest BCUT2D eigenvalue weighted by atomic mass is 9.71. The van der Waals surface area contributed by atoms with Crippen LogP contribution >= 0.6 is 0 Å². The van der Waals surface area contributed by atoms with Gasteiger partial charge in [0.15, 0.2) is 0 Å². The van der Waals surface area contributed by atoms with Gasteiger partial charge in [-0.25, -0.2) is 0 Å². The van der Waals surface area contributed by atoms with Crippen molar-refractivity contribution in [2.24, 2.45) is 0 Å². The fourth-order valence-electron chi connectivity index (χ4n) is 9.18. The van der Waals surface area contributed by atoms with Gasteiger partial charge < -0.3 is 19.3 Å². The molecule has 0 aromatic heterocycles. The number of rotatable bonds is 16. The first-order valence-corrected chi connectivity index (χ1v) is 26.1. The van der Waals surface area contributed by atoms with Crippen molar-refractivity contribution in [1.82, 2.24) is 0 Å². The van der Waals surface area contributed by atoms with E-state index in [1.807, 2.05) is 62.4 Å². The predicted octanol–water partition coefficient (Wildman–Crippen LogP) is 16.9. The average Bonchev–Trinajstić information content (AvgIpc) is 3.36. The normalized spacial score (nSPS) is 12.8. The van der Waals surface area contributed by atoms with Gasteiger partial charge in [-0.2, -0.15) is 34.8 Å². The molecule has 7 nitrogen and oxygen atoms in total. The van der Waals surface area contributed by atoms with E-state index in [4.69, 9.17) is 14.2 Å². The van der Waals surface area contributed by atoms with E-state index < -0.39 is 50.0 Å². The molecule has 8 aromatic rings. The SMILES string of the molecule is CC(C)(C)c1ccc(Cc2ccc(Oc3ccc(C(c4ccc(OC(C)(C)C(C)(C)c5ccc(Cc6ccc(Oc7ccc(O)cc7-c7ccc(S(=O)(=O)O)cc7)cc6)cc5)cc4)(C(F)(F)F)C(F)(F)F)cc3)cc2)cc1. The Labute approximate surface area is 445 Å². The maximum Gasteiger partial charge on any atom is 0.411 e. The van der Waals surface area contributed by atoms with E-state index in [2.05, 4.69) is 45.0 Å². The monoisotopic (exact) mass is 1070 g/mol. The van der Waals surface area contributed by atoms with Gasteiger partial charge in [0.05, 0.1) is 4.90 Å². The Hall–Kier alpha value is -7.55. The minimum Gasteiger partial charge on any atom is -0.508 e. The zero-order valence-corrected chi connectivity index (χ0v) is 44.2. The molecule has 0 amide bonds. The summed E-state index contributed by atoms with van der Waals surface area (Å²) in [7, 11) is -4.39. The summed E-state index contributed by atoms with van der Waals surface area (Å²) >= 11 is 0. The second-order valence-corrected chi connectivity index (χ2v) is 22.6. The quantitative estimate of drug-likeness (QED) is 0.0734. The van der Waals surface area contributed by atoms with E-state index in [0.29, 0.717) is 41.2 Å². The van der Waals surface area contributed by atoms with Gasteiger partial charge in [0, 0.05) is 11.0 Å². The third-order valence-electron chi connectivity index (χ3n) is 14.4. The number of benzene rings is 8. The molecule has 8 aromatic carbocycles. The van der Waals surface area contributed by atoms with E-state index >= 15 is 26.3 Å². The van der Waals surface area contributed by atoms with Crippen LogP contribution < -0.4 is 14.2 Å². The van der Waals surface area contributed by atoms with Gasteiger partial charge in [-0.05, 0) is 161 Å². The summed E-state index contributed by atoms with van der Waals surface area (Å²) < 4.78 is 142. The topological polar surface area (TPSA) is 102 Å². The summed E-state index contributed by atoms with van der Waals surface area (Å²) in [4.78, 5) is -0.270.